The van der Waals surface area contributed by atoms with Crippen LogP contribution in [0.2, 0.25) is 0 Å². The van der Waals surface area contributed by atoms with Crippen LogP contribution < -0.4 is 10.1 Å². The summed E-state index contributed by atoms with van der Waals surface area (Å²) >= 11 is 3.35. The molecule has 4 nitrogen and oxygen atoms in total. The van der Waals surface area contributed by atoms with Crippen LogP contribution in [0.5, 0.6) is 11.6 Å². The van der Waals surface area contributed by atoms with Crippen molar-refractivity contribution in [3.8, 4) is 11.6 Å². The average Bonchev–Trinajstić information content (AvgIpc) is 2.34. The molecule has 0 aliphatic rings. The lowest BCUT2D eigenvalue weighted by atomic mass is 10.3. The first-order chi connectivity index (χ1) is 8.66. The van der Waals surface area contributed by atoms with Gasteiger partial charge in [0.05, 0.1) is 10.2 Å². The molecule has 1 aromatic heterocycles. The Morgan fingerprint density at radius 1 is 1.28 bits per heavy atom. The van der Waals surface area contributed by atoms with E-state index in [1.165, 1.54) is 6.92 Å². The Labute approximate surface area is 113 Å². The van der Waals surface area contributed by atoms with Gasteiger partial charge in [-0.1, -0.05) is 12.1 Å². The molecule has 0 unspecified atom stereocenters. The third kappa shape index (κ3) is 3.07. The van der Waals surface area contributed by atoms with Gasteiger partial charge in [0.25, 0.3) is 0 Å². The van der Waals surface area contributed by atoms with E-state index in [-0.39, 0.29) is 5.91 Å². The normalized spacial score (nSPS) is 9.89. The predicted octanol–water partition coefficient (Wildman–Crippen LogP) is 3.59. The summed E-state index contributed by atoms with van der Waals surface area (Å²) in [6.45, 7) is 1.45. The van der Waals surface area contributed by atoms with Gasteiger partial charge < -0.3 is 10.1 Å². The van der Waals surface area contributed by atoms with E-state index in [4.69, 9.17) is 4.74 Å². The van der Waals surface area contributed by atoms with Crippen LogP contribution in [0.15, 0.2) is 47.1 Å². The number of carbonyl (C=O) groups is 1. The molecule has 5 heteroatoms. The fraction of sp³-hybridized carbons (Fsp3) is 0.0769. The van der Waals surface area contributed by atoms with Crippen LogP contribution in [0.1, 0.15) is 6.92 Å². The fourth-order valence-corrected chi connectivity index (χ4v) is 1.73. The summed E-state index contributed by atoms with van der Waals surface area (Å²) in [6, 6.07) is 10.8. The molecule has 0 spiro atoms. The van der Waals surface area contributed by atoms with E-state index in [0.717, 1.165) is 4.47 Å². The minimum Gasteiger partial charge on any atom is -0.436 e. The lowest BCUT2D eigenvalue weighted by Gasteiger charge is -2.11. The number of hydrogen-bond acceptors (Lipinski definition) is 3. The van der Waals surface area contributed by atoms with Crippen molar-refractivity contribution in [2.45, 2.75) is 6.92 Å². The number of carbonyl (C=O) groups excluding carboxylic acids is 1. The molecule has 0 saturated carbocycles. The molecule has 0 atom stereocenters. The zero-order chi connectivity index (χ0) is 13.0. The maximum atomic E-state index is 11.1. The van der Waals surface area contributed by atoms with Crippen molar-refractivity contribution in [2.24, 2.45) is 0 Å². The Kier molecular flexibility index (Phi) is 3.94. The van der Waals surface area contributed by atoms with Gasteiger partial charge in [-0.25, -0.2) is 4.98 Å². The molecule has 0 fully saturated rings. The number of benzene rings is 1. The topological polar surface area (TPSA) is 51.2 Å². The molecule has 18 heavy (non-hydrogen) atoms. The van der Waals surface area contributed by atoms with Gasteiger partial charge in [-0.15, -0.1) is 0 Å². The summed E-state index contributed by atoms with van der Waals surface area (Å²) in [6.07, 6.45) is 1.64. The second-order valence-electron chi connectivity index (χ2n) is 3.57. The van der Waals surface area contributed by atoms with E-state index in [1.807, 2.05) is 18.2 Å². The van der Waals surface area contributed by atoms with Crippen molar-refractivity contribution in [1.29, 1.82) is 0 Å². The fourth-order valence-electron chi connectivity index (χ4n) is 1.40. The third-order valence-corrected chi connectivity index (χ3v) is 2.73. The van der Waals surface area contributed by atoms with Gasteiger partial charge in [-0.2, -0.15) is 0 Å². The summed E-state index contributed by atoms with van der Waals surface area (Å²) in [5.74, 6) is 0.855. The summed E-state index contributed by atoms with van der Waals surface area (Å²) < 4.78 is 6.42. The van der Waals surface area contributed by atoms with E-state index in [2.05, 4.69) is 26.2 Å². The Bertz CT molecular complexity index is 572. The number of anilines is 1. The molecular weight excluding hydrogens is 296 g/mol. The Morgan fingerprint density at radius 2 is 2.06 bits per heavy atom. The van der Waals surface area contributed by atoms with Gasteiger partial charge in [-0.05, 0) is 40.2 Å². The maximum absolute atomic E-state index is 11.1. The van der Waals surface area contributed by atoms with Crippen molar-refractivity contribution in [3.05, 3.63) is 47.1 Å². The lowest BCUT2D eigenvalue weighted by molar-refractivity contribution is -0.114. The first-order valence-corrected chi connectivity index (χ1v) is 6.11. The number of rotatable bonds is 3. The molecule has 1 aromatic carbocycles. The van der Waals surface area contributed by atoms with Crippen LogP contribution in [0.3, 0.4) is 0 Å². The molecule has 0 aliphatic heterocycles. The number of aromatic nitrogens is 1. The van der Waals surface area contributed by atoms with Crippen LogP contribution in [0.4, 0.5) is 5.69 Å². The number of para-hydroxylation sites is 2. The Morgan fingerprint density at radius 3 is 2.78 bits per heavy atom. The highest BCUT2D eigenvalue weighted by Gasteiger charge is 2.08. The number of pyridine rings is 1. The van der Waals surface area contributed by atoms with Crippen molar-refractivity contribution in [1.82, 2.24) is 4.98 Å². The molecule has 0 radical (unpaired) electrons. The van der Waals surface area contributed by atoms with Gasteiger partial charge in [0.1, 0.15) is 0 Å². The minimum absolute atomic E-state index is 0.147. The minimum atomic E-state index is -0.147. The summed E-state index contributed by atoms with van der Waals surface area (Å²) in [7, 11) is 0. The summed E-state index contributed by atoms with van der Waals surface area (Å²) in [5.41, 5.74) is 0.613. The zero-order valence-electron chi connectivity index (χ0n) is 9.68. The monoisotopic (exact) mass is 306 g/mol. The molecule has 2 aromatic rings. The van der Waals surface area contributed by atoms with Crippen LogP contribution in [-0.4, -0.2) is 10.9 Å². The molecular formula is C13H11BrN2O2. The summed E-state index contributed by atoms with van der Waals surface area (Å²) in [4.78, 5) is 15.2. The molecule has 0 aliphatic carbocycles. The van der Waals surface area contributed by atoms with Crippen molar-refractivity contribution >= 4 is 27.5 Å². The molecule has 0 saturated heterocycles. The quantitative estimate of drug-likeness (QED) is 0.942. The first kappa shape index (κ1) is 12.6. The number of amides is 1. The SMILES string of the molecule is CC(=O)Nc1ccccc1Oc1ncccc1Br. The van der Waals surface area contributed by atoms with Crippen molar-refractivity contribution in [3.63, 3.8) is 0 Å². The van der Waals surface area contributed by atoms with Crippen molar-refractivity contribution < 1.29 is 9.53 Å². The maximum Gasteiger partial charge on any atom is 0.233 e. The smallest absolute Gasteiger partial charge is 0.233 e. The molecule has 1 heterocycles. The second-order valence-corrected chi connectivity index (χ2v) is 4.42. The van der Waals surface area contributed by atoms with E-state index >= 15 is 0 Å². The number of nitrogens with zero attached hydrogens (tertiary/aromatic N) is 1. The molecule has 0 bridgehead atoms. The Balaban J connectivity index is 2.29. The Hall–Kier alpha value is -1.88. The van der Waals surface area contributed by atoms with E-state index in [9.17, 15) is 4.79 Å². The molecule has 92 valence electrons. The van der Waals surface area contributed by atoms with Gasteiger partial charge in [0, 0.05) is 13.1 Å². The predicted molar refractivity (Wildman–Crippen MR) is 72.8 cm³/mol. The van der Waals surface area contributed by atoms with Crippen LogP contribution in [0.25, 0.3) is 0 Å². The highest BCUT2D eigenvalue weighted by atomic mass is 79.9. The highest BCUT2D eigenvalue weighted by Crippen LogP contribution is 2.31. The largest absolute Gasteiger partial charge is 0.436 e. The van der Waals surface area contributed by atoms with E-state index in [0.29, 0.717) is 17.3 Å². The lowest BCUT2D eigenvalue weighted by Crippen LogP contribution is -2.06. The number of ether oxygens (including phenoxy) is 1. The average molecular weight is 307 g/mol. The second kappa shape index (κ2) is 5.64. The van der Waals surface area contributed by atoms with E-state index < -0.39 is 0 Å². The first-order valence-electron chi connectivity index (χ1n) is 5.32. The molecule has 2 rings (SSSR count). The number of hydrogen-bond donors (Lipinski definition) is 1. The van der Waals surface area contributed by atoms with Crippen molar-refractivity contribution in [2.75, 3.05) is 5.32 Å². The van der Waals surface area contributed by atoms with Crippen LogP contribution >= 0.6 is 15.9 Å². The summed E-state index contributed by atoms with van der Waals surface area (Å²) in [5, 5.41) is 2.71. The van der Waals surface area contributed by atoms with Gasteiger partial charge in [0.15, 0.2) is 5.75 Å². The van der Waals surface area contributed by atoms with Gasteiger partial charge >= 0.3 is 0 Å². The third-order valence-electron chi connectivity index (χ3n) is 2.13. The van der Waals surface area contributed by atoms with Gasteiger partial charge in [-0.3, -0.25) is 4.79 Å². The standard InChI is InChI=1S/C13H11BrN2O2/c1-9(17)16-11-6-2-3-7-12(11)18-13-10(14)5-4-8-15-13/h2-8H,1H3,(H,16,17). The van der Waals surface area contributed by atoms with Crippen LogP contribution in [-0.2, 0) is 4.79 Å². The van der Waals surface area contributed by atoms with Crippen LogP contribution in [0, 0.1) is 0 Å². The zero-order valence-corrected chi connectivity index (χ0v) is 11.3. The molecule has 1 amide bonds. The van der Waals surface area contributed by atoms with E-state index in [1.54, 1.807) is 24.4 Å². The number of nitrogens with one attached hydrogen (secondary N) is 1. The molecule has 1 N–H and O–H groups in total. The number of halogens is 1. The van der Waals surface area contributed by atoms with Gasteiger partial charge in [0.2, 0.25) is 11.8 Å². The highest BCUT2D eigenvalue weighted by molar-refractivity contribution is 9.10.